The zero-order valence-electron chi connectivity index (χ0n) is 12.4. The van der Waals surface area contributed by atoms with E-state index >= 15 is 0 Å². The van der Waals surface area contributed by atoms with Gasteiger partial charge in [0.05, 0.1) is 0 Å². The number of unbranched alkanes of at least 4 members (excludes halogenated alkanes) is 6. The van der Waals surface area contributed by atoms with Crippen molar-refractivity contribution in [3.8, 4) is 0 Å². The molecule has 1 rings (SSSR count). The van der Waals surface area contributed by atoms with Crippen LogP contribution in [0.3, 0.4) is 0 Å². The van der Waals surface area contributed by atoms with Gasteiger partial charge in [-0.25, -0.2) is 0 Å². The third-order valence-corrected chi connectivity index (χ3v) is 4.61. The SMILES string of the molecule is CC1CCCCCN1CCCCCCCCCS. The minimum Gasteiger partial charge on any atom is -0.301 e. The third-order valence-electron chi connectivity index (χ3n) is 4.29. The largest absolute Gasteiger partial charge is 0.301 e. The van der Waals surface area contributed by atoms with Crippen LogP contribution < -0.4 is 0 Å². The standard InChI is InChI=1S/C16H33NS/c1-16-12-8-7-10-14-17(16)13-9-5-3-2-4-6-11-15-18/h16,18H,2-15H2,1H3. The van der Waals surface area contributed by atoms with E-state index in [4.69, 9.17) is 0 Å². The molecule has 1 aliphatic heterocycles. The van der Waals surface area contributed by atoms with Crippen molar-refractivity contribution in [2.45, 2.75) is 83.6 Å². The lowest BCUT2D eigenvalue weighted by Gasteiger charge is -2.26. The molecule has 0 radical (unpaired) electrons. The molecule has 0 bridgehead atoms. The van der Waals surface area contributed by atoms with Crippen LogP contribution in [0.25, 0.3) is 0 Å². The number of likely N-dealkylation sites (tertiary alicyclic amines) is 1. The van der Waals surface area contributed by atoms with Gasteiger partial charge in [-0.05, 0) is 51.4 Å². The average molecular weight is 272 g/mol. The number of thiol groups is 1. The number of rotatable bonds is 9. The fraction of sp³-hybridized carbons (Fsp3) is 1.00. The van der Waals surface area contributed by atoms with Gasteiger partial charge >= 0.3 is 0 Å². The summed E-state index contributed by atoms with van der Waals surface area (Å²) in [5, 5.41) is 0. The number of hydrogen-bond acceptors (Lipinski definition) is 2. The summed E-state index contributed by atoms with van der Waals surface area (Å²) in [6.07, 6.45) is 15.6. The van der Waals surface area contributed by atoms with E-state index in [9.17, 15) is 0 Å². The van der Waals surface area contributed by atoms with Gasteiger partial charge in [0.25, 0.3) is 0 Å². The second kappa shape index (κ2) is 11.2. The summed E-state index contributed by atoms with van der Waals surface area (Å²) in [5.74, 6) is 1.06. The van der Waals surface area contributed by atoms with E-state index in [1.54, 1.807) is 0 Å². The first kappa shape index (κ1) is 16.4. The Balaban J connectivity index is 1.93. The van der Waals surface area contributed by atoms with Crippen LogP contribution in [0.1, 0.15) is 77.6 Å². The maximum absolute atomic E-state index is 4.25. The molecule has 1 fully saturated rings. The summed E-state index contributed by atoms with van der Waals surface area (Å²) in [4.78, 5) is 2.73. The highest BCUT2D eigenvalue weighted by atomic mass is 32.1. The molecule has 0 saturated carbocycles. The Hall–Kier alpha value is 0.310. The fourth-order valence-electron chi connectivity index (χ4n) is 2.98. The molecule has 0 aromatic carbocycles. The molecule has 0 spiro atoms. The second-order valence-electron chi connectivity index (χ2n) is 5.93. The zero-order valence-corrected chi connectivity index (χ0v) is 13.3. The third kappa shape index (κ3) is 7.68. The molecule has 2 heteroatoms. The molecule has 108 valence electrons. The first-order valence-corrected chi connectivity index (χ1v) is 8.82. The van der Waals surface area contributed by atoms with Crippen molar-refractivity contribution in [3.63, 3.8) is 0 Å². The molecule has 1 heterocycles. The molecule has 1 saturated heterocycles. The maximum atomic E-state index is 4.25. The van der Waals surface area contributed by atoms with Gasteiger partial charge in [-0.1, -0.05) is 44.9 Å². The molecule has 1 aliphatic rings. The normalized spacial score (nSPS) is 22.0. The Bertz CT molecular complexity index is 184. The first-order valence-electron chi connectivity index (χ1n) is 8.19. The van der Waals surface area contributed by atoms with Crippen molar-refractivity contribution in [1.29, 1.82) is 0 Å². The highest BCUT2D eigenvalue weighted by Crippen LogP contribution is 2.17. The number of nitrogens with zero attached hydrogens (tertiary/aromatic N) is 1. The highest BCUT2D eigenvalue weighted by molar-refractivity contribution is 7.80. The molecule has 0 aromatic rings. The van der Waals surface area contributed by atoms with E-state index in [2.05, 4.69) is 24.5 Å². The van der Waals surface area contributed by atoms with Gasteiger partial charge in [0.1, 0.15) is 0 Å². The Morgan fingerprint density at radius 2 is 1.56 bits per heavy atom. The van der Waals surface area contributed by atoms with Crippen molar-refractivity contribution in [2.75, 3.05) is 18.8 Å². The lowest BCUT2D eigenvalue weighted by molar-refractivity contribution is 0.209. The lowest BCUT2D eigenvalue weighted by atomic mass is 10.1. The first-order chi connectivity index (χ1) is 8.84. The molecule has 18 heavy (non-hydrogen) atoms. The van der Waals surface area contributed by atoms with E-state index in [1.807, 2.05) is 0 Å². The predicted molar refractivity (Wildman–Crippen MR) is 85.7 cm³/mol. The Morgan fingerprint density at radius 1 is 0.889 bits per heavy atom. The quantitative estimate of drug-likeness (QED) is 0.460. The molecule has 0 amide bonds. The van der Waals surface area contributed by atoms with Gasteiger partial charge in [0.2, 0.25) is 0 Å². The second-order valence-corrected chi connectivity index (χ2v) is 6.38. The van der Waals surface area contributed by atoms with E-state index < -0.39 is 0 Å². The molecule has 0 aliphatic carbocycles. The molecule has 1 unspecified atom stereocenters. The van der Waals surface area contributed by atoms with Crippen LogP contribution in [0.4, 0.5) is 0 Å². The van der Waals surface area contributed by atoms with Crippen LogP contribution in [0.5, 0.6) is 0 Å². The zero-order chi connectivity index (χ0) is 13.1. The Labute approximate surface area is 120 Å². The topological polar surface area (TPSA) is 3.24 Å². The highest BCUT2D eigenvalue weighted by Gasteiger charge is 2.15. The van der Waals surface area contributed by atoms with Crippen LogP contribution in [0, 0.1) is 0 Å². The minimum absolute atomic E-state index is 0.836. The van der Waals surface area contributed by atoms with Crippen molar-refractivity contribution in [1.82, 2.24) is 4.90 Å². The lowest BCUT2D eigenvalue weighted by Crippen LogP contribution is -2.33. The summed E-state index contributed by atoms with van der Waals surface area (Å²) in [6, 6.07) is 0.836. The molecular weight excluding hydrogens is 238 g/mol. The molecule has 0 N–H and O–H groups in total. The van der Waals surface area contributed by atoms with Crippen LogP contribution >= 0.6 is 12.6 Å². The Kier molecular flexibility index (Phi) is 10.1. The van der Waals surface area contributed by atoms with Gasteiger partial charge in [-0.2, -0.15) is 12.6 Å². The maximum Gasteiger partial charge on any atom is 0.00669 e. The van der Waals surface area contributed by atoms with Crippen LogP contribution in [0.2, 0.25) is 0 Å². The van der Waals surface area contributed by atoms with E-state index in [0.717, 1.165) is 11.8 Å². The summed E-state index contributed by atoms with van der Waals surface area (Å²) in [5.41, 5.74) is 0. The van der Waals surface area contributed by atoms with E-state index in [-0.39, 0.29) is 0 Å². The monoisotopic (exact) mass is 271 g/mol. The average Bonchev–Trinajstić information content (AvgIpc) is 2.58. The van der Waals surface area contributed by atoms with Gasteiger partial charge < -0.3 is 4.90 Å². The van der Waals surface area contributed by atoms with Crippen LogP contribution in [-0.4, -0.2) is 29.8 Å². The van der Waals surface area contributed by atoms with E-state index in [1.165, 1.54) is 83.7 Å². The van der Waals surface area contributed by atoms with Gasteiger partial charge in [0, 0.05) is 6.04 Å². The van der Waals surface area contributed by atoms with Crippen LogP contribution in [-0.2, 0) is 0 Å². The number of hydrogen-bond donors (Lipinski definition) is 1. The van der Waals surface area contributed by atoms with Gasteiger partial charge in [-0.15, -0.1) is 0 Å². The van der Waals surface area contributed by atoms with Crippen molar-refractivity contribution < 1.29 is 0 Å². The van der Waals surface area contributed by atoms with Crippen LogP contribution in [0.15, 0.2) is 0 Å². The summed E-state index contributed by atoms with van der Waals surface area (Å²) >= 11 is 4.25. The van der Waals surface area contributed by atoms with Crippen molar-refractivity contribution in [2.24, 2.45) is 0 Å². The van der Waals surface area contributed by atoms with Crippen molar-refractivity contribution >= 4 is 12.6 Å². The van der Waals surface area contributed by atoms with Gasteiger partial charge in [-0.3, -0.25) is 0 Å². The molecular formula is C16H33NS. The molecule has 1 nitrogen and oxygen atoms in total. The minimum atomic E-state index is 0.836. The fourth-order valence-corrected chi connectivity index (χ4v) is 3.20. The summed E-state index contributed by atoms with van der Waals surface area (Å²) in [6.45, 7) is 5.11. The smallest absolute Gasteiger partial charge is 0.00669 e. The summed E-state index contributed by atoms with van der Waals surface area (Å²) in [7, 11) is 0. The molecule has 1 atom stereocenters. The van der Waals surface area contributed by atoms with Crippen molar-refractivity contribution in [3.05, 3.63) is 0 Å². The molecule has 0 aromatic heterocycles. The predicted octanol–water partition coefficient (Wildman–Crippen LogP) is 4.91. The van der Waals surface area contributed by atoms with Gasteiger partial charge in [0.15, 0.2) is 0 Å². The summed E-state index contributed by atoms with van der Waals surface area (Å²) < 4.78 is 0. The Morgan fingerprint density at radius 3 is 2.28 bits per heavy atom. The van der Waals surface area contributed by atoms with E-state index in [0.29, 0.717) is 0 Å².